The summed E-state index contributed by atoms with van der Waals surface area (Å²) in [6, 6.07) is 17.6. The van der Waals surface area contributed by atoms with Crippen LogP contribution in [0.1, 0.15) is 36.2 Å². The fourth-order valence-corrected chi connectivity index (χ4v) is 2.60. The van der Waals surface area contributed by atoms with Crippen molar-refractivity contribution in [1.29, 1.82) is 0 Å². The minimum absolute atomic E-state index is 0.0731. The van der Waals surface area contributed by atoms with Crippen molar-refractivity contribution in [3.8, 4) is 11.3 Å². The molecule has 1 amide bonds. The van der Waals surface area contributed by atoms with Crippen molar-refractivity contribution in [2.45, 2.75) is 33.2 Å². The van der Waals surface area contributed by atoms with Crippen molar-refractivity contribution >= 4 is 17.4 Å². The molecule has 0 saturated carbocycles. The lowest BCUT2D eigenvalue weighted by atomic mass is 10.1. The molecule has 138 valence electrons. The van der Waals surface area contributed by atoms with Crippen LogP contribution >= 0.6 is 0 Å². The highest BCUT2D eigenvalue weighted by Crippen LogP contribution is 2.22. The van der Waals surface area contributed by atoms with Crippen molar-refractivity contribution in [1.82, 2.24) is 15.3 Å². The maximum absolute atomic E-state index is 12.3. The fraction of sp³-hybridized carbons (Fsp3) is 0.227. The number of rotatable bonds is 6. The van der Waals surface area contributed by atoms with E-state index >= 15 is 0 Å². The first-order chi connectivity index (χ1) is 13.0. The smallest absolute Gasteiger partial charge is 0.251 e. The van der Waals surface area contributed by atoms with Gasteiger partial charge in [-0.25, -0.2) is 9.97 Å². The van der Waals surface area contributed by atoms with Gasteiger partial charge in [-0.1, -0.05) is 42.8 Å². The molecule has 3 rings (SSSR count). The molecule has 2 N–H and O–H groups in total. The SMILES string of the molecule is CC[C@@H](C)NC(=O)c1cccc(Nc2cc(-c3ccc(C)cc3)ncn2)c1. The predicted molar refractivity (Wildman–Crippen MR) is 109 cm³/mol. The minimum atomic E-state index is -0.0731. The number of amides is 1. The molecular weight excluding hydrogens is 336 g/mol. The number of nitrogens with one attached hydrogen (secondary N) is 2. The second kappa shape index (κ2) is 8.45. The number of carbonyl (C=O) groups excluding carboxylic acids is 1. The number of aromatic nitrogens is 2. The summed E-state index contributed by atoms with van der Waals surface area (Å²) in [5.41, 5.74) is 4.51. The van der Waals surface area contributed by atoms with Gasteiger partial charge in [-0.2, -0.15) is 0 Å². The molecule has 0 radical (unpaired) electrons. The van der Waals surface area contributed by atoms with Gasteiger partial charge < -0.3 is 10.6 Å². The number of hydrogen-bond donors (Lipinski definition) is 2. The highest BCUT2D eigenvalue weighted by atomic mass is 16.1. The largest absolute Gasteiger partial charge is 0.350 e. The number of hydrogen-bond acceptors (Lipinski definition) is 4. The Balaban J connectivity index is 1.77. The van der Waals surface area contributed by atoms with Crippen molar-refractivity contribution in [3.63, 3.8) is 0 Å². The summed E-state index contributed by atoms with van der Waals surface area (Å²) < 4.78 is 0. The first-order valence-corrected chi connectivity index (χ1v) is 9.12. The zero-order chi connectivity index (χ0) is 19.2. The van der Waals surface area contributed by atoms with E-state index in [0.29, 0.717) is 11.4 Å². The lowest BCUT2D eigenvalue weighted by Gasteiger charge is -2.12. The monoisotopic (exact) mass is 360 g/mol. The molecule has 27 heavy (non-hydrogen) atoms. The third-order valence-corrected chi connectivity index (χ3v) is 4.40. The number of benzene rings is 2. The van der Waals surface area contributed by atoms with Crippen LogP contribution in [-0.2, 0) is 0 Å². The van der Waals surface area contributed by atoms with Crippen molar-refractivity contribution in [3.05, 3.63) is 72.1 Å². The molecule has 0 aliphatic carbocycles. The number of carbonyl (C=O) groups is 1. The lowest BCUT2D eigenvalue weighted by molar-refractivity contribution is 0.0939. The maximum atomic E-state index is 12.3. The van der Waals surface area contributed by atoms with E-state index in [2.05, 4.69) is 39.7 Å². The summed E-state index contributed by atoms with van der Waals surface area (Å²) >= 11 is 0. The Kier molecular flexibility index (Phi) is 5.81. The standard InChI is InChI=1S/C22H24N4O/c1-4-16(3)25-22(27)18-6-5-7-19(12-18)26-21-13-20(23-14-24-21)17-10-8-15(2)9-11-17/h5-14,16H,4H2,1-3H3,(H,25,27)(H,23,24,26)/t16-/m1/s1. The maximum Gasteiger partial charge on any atom is 0.251 e. The van der Waals surface area contributed by atoms with Crippen LogP contribution in [0.15, 0.2) is 60.9 Å². The molecule has 1 heterocycles. The van der Waals surface area contributed by atoms with Gasteiger partial charge in [0.15, 0.2) is 0 Å². The molecule has 0 aliphatic rings. The zero-order valence-corrected chi connectivity index (χ0v) is 15.9. The highest BCUT2D eigenvalue weighted by molar-refractivity contribution is 5.95. The first-order valence-electron chi connectivity index (χ1n) is 9.12. The Bertz CT molecular complexity index is 922. The molecule has 1 atom stereocenters. The molecule has 0 spiro atoms. The molecular formula is C22H24N4O. The third-order valence-electron chi connectivity index (χ3n) is 4.40. The van der Waals surface area contributed by atoms with Gasteiger partial charge >= 0.3 is 0 Å². The Morgan fingerprint density at radius 3 is 2.59 bits per heavy atom. The van der Waals surface area contributed by atoms with Crippen molar-refractivity contribution in [2.75, 3.05) is 5.32 Å². The molecule has 3 aromatic rings. The second-order valence-corrected chi connectivity index (χ2v) is 6.64. The van der Waals surface area contributed by atoms with E-state index in [1.165, 1.54) is 11.9 Å². The first kappa shape index (κ1) is 18.6. The van der Waals surface area contributed by atoms with Gasteiger partial charge in [0.1, 0.15) is 12.1 Å². The van der Waals surface area contributed by atoms with Crippen LogP contribution in [0.25, 0.3) is 11.3 Å². The van der Waals surface area contributed by atoms with Crippen LogP contribution in [0.4, 0.5) is 11.5 Å². The van der Waals surface area contributed by atoms with E-state index in [-0.39, 0.29) is 11.9 Å². The summed E-state index contributed by atoms with van der Waals surface area (Å²) in [5, 5.41) is 6.24. The van der Waals surface area contributed by atoms with Crippen molar-refractivity contribution < 1.29 is 4.79 Å². The topological polar surface area (TPSA) is 66.9 Å². The van der Waals surface area contributed by atoms with E-state index in [1.54, 1.807) is 6.07 Å². The van der Waals surface area contributed by atoms with E-state index in [4.69, 9.17) is 0 Å². The van der Waals surface area contributed by atoms with Gasteiger partial charge in [0, 0.05) is 28.9 Å². The predicted octanol–water partition coefficient (Wildman–Crippen LogP) is 4.72. The van der Waals surface area contributed by atoms with Crippen LogP contribution < -0.4 is 10.6 Å². The molecule has 0 aliphatic heterocycles. The fourth-order valence-electron chi connectivity index (χ4n) is 2.60. The summed E-state index contributed by atoms with van der Waals surface area (Å²) in [5.74, 6) is 0.607. The Morgan fingerprint density at radius 1 is 1.07 bits per heavy atom. The lowest BCUT2D eigenvalue weighted by Crippen LogP contribution is -2.31. The van der Waals surface area contributed by atoms with Crippen LogP contribution in [0, 0.1) is 6.92 Å². The summed E-state index contributed by atoms with van der Waals surface area (Å²) in [7, 11) is 0. The van der Waals surface area contributed by atoms with Gasteiger partial charge in [0.25, 0.3) is 5.91 Å². The highest BCUT2D eigenvalue weighted by Gasteiger charge is 2.09. The van der Waals surface area contributed by atoms with Crippen molar-refractivity contribution in [2.24, 2.45) is 0 Å². The number of nitrogens with zero attached hydrogens (tertiary/aromatic N) is 2. The molecule has 2 aromatic carbocycles. The molecule has 0 unspecified atom stereocenters. The Morgan fingerprint density at radius 2 is 1.85 bits per heavy atom. The number of aryl methyl sites for hydroxylation is 1. The van der Waals surface area contributed by atoms with Gasteiger partial charge in [0.2, 0.25) is 0 Å². The normalized spacial score (nSPS) is 11.7. The van der Waals surface area contributed by atoms with Gasteiger partial charge in [-0.15, -0.1) is 0 Å². The minimum Gasteiger partial charge on any atom is -0.350 e. The van der Waals surface area contributed by atoms with E-state index < -0.39 is 0 Å². The van der Waals surface area contributed by atoms with Gasteiger partial charge in [-0.05, 0) is 38.5 Å². The van der Waals surface area contributed by atoms with E-state index in [1.807, 2.05) is 50.2 Å². The average Bonchev–Trinajstić information content (AvgIpc) is 2.69. The molecule has 5 heteroatoms. The quantitative estimate of drug-likeness (QED) is 0.667. The molecule has 0 fully saturated rings. The van der Waals surface area contributed by atoms with Crippen LogP contribution in [0.3, 0.4) is 0 Å². The zero-order valence-electron chi connectivity index (χ0n) is 15.9. The van der Waals surface area contributed by atoms with Crippen LogP contribution in [0.5, 0.6) is 0 Å². The molecule has 1 aromatic heterocycles. The molecule has 0 saturated heterocycles. The summed E-state index contributed by atoms with van der Waals surface area (Å²) in [6.45, 7) is 6.10. The Labute approximate surface area is 159 Å². The van der Waals surface area contributed by atoms with Gasteiger partial charge in [-0.3, -0.25) is 4.79 Å². The van der Waals surface area contributed by atoms with Crippen LogP contribution in [0.2, 0.25) is 0 Å². The Hall–Kier alpha value is -3.21. The number of anilines is 2. The van der Waals surface area contributed by atoms with E-state index in [9.17, 15) is 4.79 Å². The molecule has 0 bridgehead atoms. The third kappa shape index (κ3) is 4.91. The van der Waals surface area contributed by atoms with Crippen LogP contribution in [-0.4, -0.2) is 21.9 Å². The summed E-state index contributed by atoms with van der Waals surface area (Å²) in [6.07, 6.45) is 2.43. The molecule has 5 nitrogen and oxygen atoms in total. The average molecular weight is 360 g/mol. The summed E-state index contributed by atoms with van der Waals surface area (Å²) in [4.78, 5) is 21.0. The second-order valence-electron chi connectivity index (χ2n) is 6.64. The van der Waals surface area contributed by atoms with E-state index in [0.717, 1.165) is 23.4 Å². The van der Waals surface area contributed by atoms with Gasteiger partial charge in [0.05, 0.1) is 5.69 Å².